The molecule has 7 fully saturated rings. The summed E-state index contributed by atoms with van der Waals surface area (Å²) >= 11 is 0. The summed E-state index contributed by atoms with van der Waals surface area (Å²) < 4.78 is 72.3. The Kier molecular flexibility index (Phi) is 22.6. The lowest BCUT2D eigenvalue weighted by Crippen LogP contribution is -2.68. The van der Waals surface area contributed by atoms with Gasteiger partial charge in [0.05, 0.1) is 46.2 Å². The summed E-state index contributed by atoms with van der Waals surface area (Å²) in [5.74, 6) is 0. The van der Waals surface area contributed by atoms with E-state index in [1.54, 1.807) is 0 Å². The number of hydrogen-bond donors (Lipinski definition) is 23. The summed E-state index contributed by atoms with van der Waals surface area (Å²) in [6.45, 7) is -6.74. The van der Waals surface area contributed by atoms with Crippen molar-refractivity contribution in [1.82, 2.24) is 0 Å². The first kappa shape index (κ1) is 64.1. The predicted molar refractivity (Wildman–Crippen MR) is 234 cm³/mol. The molecule has 0 saturated carbocycles. The summed E-state index contributed by atoms with van der Waals surface area (Å²) in [6.07, 6.45) is -66.1. The van der Waals surface area contributed by atoms with Crippen LogP contribution in [-0.4, -0.2) is 373 Å². The standard InChI is InChI=1S/C42H73NO35/c43-36-23(59)17(53)30(9(2-45)66-36)73-38-25(61)19(55)32(11(4-47)68-38)75-40-27(63)21(57)34(13(6-49)70-40)77-42-29(65)22(58)35(14(7-50)72-42)78-41-28(64)20(56)33(12(5-48)71-41)76-39-26(62)18(54)31(10(3-46)69-39)74-37-24(60)16(52)15(51)8(1-44)67-37/h8-42,44-65H,1-7,43H2/t8-,9-,10-,11-,12-,13-,14-,15-,16+,17-,18-,19-,20-,21-,22-,23-,24-,25-,26-,27-,28-,29-,30-,31-,32-,33-,34-,35-,36-,37+,38+,39+,40+,41+,42+/m1/s1. The minimum absolute atomic E-state index is 0.791. The van der Waals surface area contributed by atoms with Crippen LogP contribution in [0.1, 0.15) is 0 Å². The second kappa shape index (κ2) is 27.5. The number of aliphatic hydroxyl groups excluding tert-OH is 22. The second-order valence-electron chi connectivity index (χ2n) is 19.6. The Morgan fingerprint density at radius 3 is 0.615 bits per heavy atom. The van der Waals surface area contributed by atoms with Gasteiger partial charge in [0.2, 0.25) is 0 Å². The molecule has 78 heavy (non-hydrogen) atoms. The van der Waals surface area contributed by atoms with Gasteiger partial charge in [-0.1, -0.05) is 0 Å². The van der Waals surface area contributed by atoms with E-state index >= 15 is 0 Å². The van der Waals surface area contributed by atoms with Crippen LogP contribution in [0.4, 0.5) is 0 Å². The molecule has 7 aliphatic heterocycles. The number of aliphatic hydroxyl groups is 22. The highest BCUT2D eigenvalue weighted by atomic mass is 16.8. The van der Waals surface area contributed by atoms with E-state index in [9.17, 15) is 112 Å². The third-order valence-electron chi connectivity index (χ3n) is 14.6. The fourth-order valence-corrected chi connectivity index (χ4v) is 10.1. The van der Waals surface area contributed by atoms with E-state index in [2.05, 4.69) is 0 Å². The summed E-state index contributed by atoms with van der Waals surface area (Å²) in [5.41, 5.74) is 5.61. The number of rotatable bonds is 19. The fraction of sp³-hybridized carbons (Fsp3) is 1.00. The van der Waals surface area contributed by atoms with Gasteiger partial charge in [0.25, 0.3) is 0 Å². The van der Waals surface area contributed by atoms with Crippen molar-refractivity contribution in [2.24, 2.45) is 5.73 Å². The Balaban J connectivity index is 0.947. The van der Waals surface area contributed by atoms with Crippen LogP contribution < -0.4 is 5.73 Å². The predicted octanol–water partition coefficient (Wildman–Crippen LogP) is -16.3. The lowest BCUT2D eigenvalue weighted by Gasteiger charge is -2.50. The van der Waals surface area contributed by atoms with Crippen LogP contribution in [0, 0.1) is 0 Å². The first-order valence-corrected chi connectivity index (χ1v) is 24.7. The molecular weight excluding hydrogens is 1080 g/mol. The molecule has 35 atom stereocenters. The monoisotopic (exact) mass is 1150 g/mol. The van der Waals surface area contributed by atoms with Crippen molar-refractivity contribution in [3.05, 3.63) is 0 Å². The molecule has 0 aromatic carbocycles. The Morgan fingerprint density at radius 2 is 0.397 bits per heavy atom. The van der Waals surface area contributed by atoms with E-state index in [1.165, 1.54) is 0 Å². The third kappa shape index (κ3) is 12.9. The Labute approximate surface area is 440 Å². The molecule has 7 aliphatic rings. The van der Waals surface area contributed by atoms with Crippen LogP contribution in [0.2, 0.25) is 0 Å². The molecule has 7 rings (SSSR count). The van der Waals surface area contributed by atoms with Crippen molar-refractivity contribution in [3.63, 3.8) is 0 Å². The van der Waals surface area contributed by atoms with Gasteiger partial charge in [0, 0.05) is 0 Å². The zero-order chi connectivity index (χ0) is 57.3. The number of nitrogens with two attached hydrogens (primary N) is 1. The molecule has 0 bridgehead atoms. The topological polar surface area (TPSA) is 591 Å². The first-order valence-electron chi connectivity index (χ1n) is 24.7. The largest absolute Gasteiger partial charge is 0.394 e. The highest BCUT2D eigenvalue weighted by Gasteiger charge is 2.58. The quantitative estimate of drug-likeness (QED) is 0.0571. The fourth-order valence-electron chi connectivity index (χ4n) is 10.1. The molecule has 0 spiro atoms. The minimum Gasteiger partial charge on any atom is -0.394 e. The summed E-state index contributed by atoms with van der Waals surface area (Å²) in [4.78, 5) is 0. The summed E-state index contributed by atoms with van der Waals surface area (Å²) in [7, 11) is 0. The van der Waals surface area contributed by atoms with Crippen LogP contribution >= 0.6 is 0 Å². The summed E-state index contributed by atoms with van der Waals surface area (Å²) in [6, 6.07) is 0. The zero-order valence-corrected chi connectivity index (χ0v) is 40.9. The lowest BCUT2D eigenvalue weighted by atomic mass is 9.95. The van der Waals surface area contributed by atoms with Crippen molar-refractivity contribution >= 4 is 0 Å². The normalized spacial score (nSPS) is 53.5. The van der Waals surface area contributed by atoms with Crippen molar-refractivity contribution < 1.29 is 174 Å². The van der Waals surface area contributed by atoms with Crippen LogP contribution in [0.3, 0.4) is 0 Å². The molecule has 0 aromatic rings. The van der Waals surface area contributed by atoms with Gasteiger partial charge in [0.15, 0.2) is 37.7 Å². The molecular formula is C42H73NO35. The third-order valence-corrected chi connectivity index (χ3v) is 14.6. The maximum absolute atomic E-state index is 11.3. The molecule has 0 radical (unpaired) electrons. The average molecular weight is 1150 g/mol. The maximum atomic E-state index is 11.3. The Hall–Kier alpha value is -1.44. The SMILES string of the molecule is N[C@@H]1O[C@H](CO)[C@@H](O[C@@H]2O[C@H](CO)[C@@H](O[C@@H]3O[C@H](CO)[C@@H](O[C@@H]4O[C@H](CO)[C@@H](O[C@@H]5O[C@H](CO)[C@@H](O[C@@H]6O[C@H](CO)[C@@H](O[C@@H]7O[C@H](CO)[C@@H](O)[C@H](O)[C@H]7O)[C@H](O)[C@H]6O)[C@H](O)[C@H]5O)[C@H](O)[C@H]4O)[C@H](O)[C@H]3O)[C@H](O)[C@H]2O)[C@H](O)[C@H]1O. The maximum Gasteiger partial charge on any atom is 0.187 e. The van der Waals surface area contributed by atoms with Crippen molar-refractivity contribution in [2.45, 2.75) is 215 Å². The van der Waals surface area contributed by atoms with Crippen LogP contribution in [0.15, 0.2) is 0 Å². The van der Waals surface area contributed by atoms with Gasteiger partial charge in [-0.15, -0.1) is 0 Å². The van der Waals surface area contributed by atoms with Crippen LogP contribution in [-0.2, 0) is 61.6 Å². The molecule has 36 nitrogen and oxygen atoms in total. The molecule has 0 unspecified atom stereocenters. The van der Waals surface area contributed by atoms with E-state index in [4.69, 9.17) is 67.3 Å². The van der Waals surface area contributed by atoms with Gasteiger partial charge in [-0.25, -0.2) is 0 Å². The van der Waals surface area contributed by atoms with Crippen molar-refractivity contribution in [2.75, 3.05) is 46.2 Å². The highest BCUT2D eigenvalue weighted by molar-refractivity contribution is 5.01. The Bertz CT molecular complexity index is 1810. The smallest absolute Gasteiger partial charge is 0.187 e. The van der Waals surface area contributed by atoms with Gasteiger partial charge >= 0.3 is 0 Å². The molecule has 0 aromatic heterocycles. The van der Waals surface area contributed by atoms with Gasteiger partial charge in [-0.3, -0.25) is 0 Å². The van der Waals surface area contributed by atoms with Crippen molar-refractivity contribution in [3.8, 4) is 0 Å². The number of hydrogen-bond acceptors (Lipinski definition) is 36. The zero-order valence-electron chi connectivity index (χ0n) is 40.9. The van der Waals surface area contributed by atoms with E-state index in [1.807, 2.05) is 0 Å². The van der Waals surface area contributed by atoms with E-state index in [0.717, 1.165) is 0 Å². The molecule has 7 heterocycles. The summed E-state index contributed by atoms with van der Waals surface area (Å²) in [5, 5.41) is 234. The molecule has 7 saturated heterocycles. The van der Waals surface area contributed by atoms with Gasteiger partial charge < -0.3 is 180 Å². The van der Waals surface area contributed by atoms with Gasteiger partial charge in [-0.05, 0) is 0 Å². The van der Waals surface area contributed by atoms with Gasteiger partial charge in [0.1, 0.15) is 177 Å². The molecule has 0 aliphatic carbocycles. The van der Waals surface area contributed by atoms with Crippen molar-refractivity contribution in [1.29, 1.82) is 0 Å². The van der Waals surface area contributed by atoms with Crippen LogP contribution in [0.5, 0.6) is 0 Å². The van der Waals surface area contributed by atoms with E-state index in [0.29, 0.717) is 0 Å². The first-order chi connectivity index (χ1) is 37.0. The van der Waals surface area contributed by atoms with E-state index < -0.39 is 261 Å². The molecule has 24 N–H and O–H groups in total. The minimum atomic E-state index is -2.22. The average Bonchev–Trinajstić information content (AvgIpc) is 3.47. The van der Waals surface area contributed by atoms with E-state index in [-0.39, 0.29) is 0 Å². The molecule has 0 amide bonds. The molecule has 36 heteroatoms. The second-order valence-corrected chi connectivity index (χ2v) is 19.6. The highest BCUT2D eigenvalue weighted by Crippen LogP contribution is 2.37. The lowest BCUT2D eigenvalue weighted by molar-refractivity contribution is -0.397. The van der Waals surface area contributed by atoms with Crippen LogP contribution in [0.25, 0.3) is 0 Å². The number of ether oxygens (including phenoxy) is 13. The van der Waals surface area contributed by atoms with Gasteiger partial charge in [-0.2, -0.15) is 0 Å². The Morgan fingerprint density at radius 1 is 0.218 bits per heavy atom. The molecule has 456 valence electrons.